The molecule has 0 amide bonds. The molecule has 2 unspecified atom stereocenters. The lowest BCUT2D eigenvalue weighted by molar-refractivity contribution is 0.157. The molecule has 0 bridgehead atoms. The van der Waals surface area contributed by atoms with Gasteiger partial charge in [-0.15, -0.1) is 0 Å². The fourth-order valence-corrected chi connectivity index (χ4v) is 2.98. The molecule has 1 aliphatic rings. The van der Waals surface area contributed by atoms with Crippen molar-refractivity contribution >= 4 is 0 Å². The number of rotatable bonds is 4. The summed E-state index contributed by atoms with van der Waals surface area (Å²) in [6.07, 6.45) is 1.08. The number of para-hydroxylation sites is 1. The first-order chi connectivity index (χ1) is 10.7. The summed E-state index contributed by atoms with van der Waals surface area (Å²) < 4.78 is 5.91. The van der Waals surface area contributed by atoms with Crippen LogP contribution in [0.5, 0.6) is 11.5 Å². The Morgan fingerprint density at radius 1 is 1.09 bits per heavy atom. The minimum Gasteiger partial charge on any atom is -0.457 e. The molecule has 0 aromatic heterocycles. The van der Waals surface area contributed by atoms with Gasteiger partial charge < -0.3 is 10.5 Å². The van der Waals surface area contributed by atoms with Gasteiger partial charge in [0.2, 0.25) is 0 Å². The fraction of sp³-hybridized carbons (Fsp3) is 0.368. The number of nitrogens with zero attached hydrogens (tertiary/aromatic N) is 1. The second kappa shape index (κ2) is 6.95. The lowest BCUT2D eigenvalue weighted by Gasteiger charge is -2.35. The average Bonchev–Trinajstić information content (AvgIpc) is 2.52. The van der Waals surface area contributed by atoms with Crippen molar-refractivity contribution in [1.29, 1.82) is 0 Å². The van der Waals surface area contributed by atoms with Gasteiger partial charge in [-0.3, -0.25) is 4.90 Å². The third-order valence-electron chi connectivity index (χ3n) is 4.34. The van der Waals surface area contributed by atoms with E-state index in [1.54, 1.807) is 0 Å². The van der Waals surface area contributed by atoms with Gasteiger partial charge in [0.05, 0.1) is 0 Å². The Bertz CT molecular complexity index is 599. The quantitative estimate of drug-likeness (QED) is 0.936. The second-order valence-electron chi connectivity index (χ2n) is 6.23. The van der Waals surface area contributed by atoms with E-state index in [4.69, 9.17) is 10.5 Å². The molecule has 0 radical (unpaired) electrons. The van der Waals surface area contributed by atoms with Crippen LogP contribution in [0, 0.1) is 5.92 Å². The molecule has 3 heteroatoms. The Hall–Kier alpha value is -1.84. The Morgan fingerprint density at radius 3 is 2.64 bits per heavy atom. The summed E-state index contributed by atoms with van der Waals surface area (Å²) >= 11 is 0. The Labute approximate surface area is 132 Å². The molecule has 1 saturated heterocycles. The molecule has 0 saturated carbocycles. The van der Waals surface area contributed by atoms with Crippen molar-refractivity contribution in [2.24, 2.45) is 11.7 Å². The van der Waals surface area contributed by atoms with E-state index in [1.807, 2.05) is 36.4 Å². The smallest absolute Gasteiger partial charge is 0.127 e. The molecule has 1 fully saturated rings. The minimum absolute atomic E-state index is 0.351. The molecule has 1 aliphatic heterocycles. The third-order valence-corrected chi connectivity index (χ3v) is 4.34. The van der Waals surface area contributed by atoms with Gasteiger partial charge in [-0.1, -0.05) is 37.3 Å². The van der Waals surface area contributed by atoms with Crippen LogP contribution in [0.4, 0.5) is 0 Å². The van der Waals surface area contributed by atoms with Gasteiger partial charge in [-0.2, -0.15) is 0 Å². The van der Waals surface area contributed by atoms with Crippen LogP contribution in [-0.4, -0.2) is 24.0 Å². The molecule has 2 atom stereocenters. The van der Waals surface area contributed by atoms with Crippen molar-refractivity contribution in [1.82, 2.24) is 4.90 Å². The second-order valence-corrected chi connectivity index (χ2v) is 6.23. The van der Waals surface area contributed by atoms with E-state index in [0.29, 0.717) is 12.0 Å². The van der Waals surface area contributed by atoms with Crippen LogP contribution in [0.3, 0.4) is 0 Å². The van der Waals surface area contributed by atoms with E-state index in [2.05, 4.69) is 30.0 Å². The van der Waals surface area contributed by atoms with Crippen molar-refractivity contribution in [2.75, 3.05) is 13.1 Å². The van der Waals surface area contributed by atoms with Crippen molar-refractivity contribution in [3.05, 3.63) is 60.2 Å². The first-order valence-electron chi connectivity index (χ1n) is 8.00. The normalized spacial score (nSPS) is 22.5. The van der Waals surface area contributed by atoms with Crippen LogP contribution in [0.1, 0.15) is 18.9 Å². The number of hydrogen-bond donors (Lipinski definition) is 1. The van der Waals surface area contributed by atoms with Crippen LogP contribution in [0.2, 0.25) is 0 Å². The average molecular weight is 296 g/mol. The maximum Gasteiger partial charge on any atom is 0.127 e. The van der Waals surface area contributed by atoms with E-state index < -0.39 is 0 Å². The molecule has 2 aromatic rings. The number of hydrogen-bond acceptors (Lipinski definition) is 3. The topological polar surface area (TPSA) is 38.5 Å². The molecular weight excluding hydrogens is 272 g/mol. The lowest BCUT2D eigenvalue weighted by atomic mass is 9.94. The molecule has 22 heavy (non-hydrogen) atoms. The highest BCUT2D eigenvalue weighted by atomic mass is 16.5. The van der Waals surface area contributed by atoms with Gasteiger partial charge in [0.1, 0.15) is 11.5 Å². The van der Waals surface area contributed by atoms with Gasteiger partial charge in [0.15, 0.2) is 0 Å². The zero-order valence-electron chi connectivity index (χ0n) is 13.1. The van der Waals surface area contributed by atoms with Crippen LogP contribution in [0.15, 0.2) is 54.6 Å². The molecule has 1 heterocycles. The molecule has 2 N–H and O–H groups in total. The number of nitrogens with two attached hydrogens (primary N) is 1. The van der Waals surface area contributed by atoms with Crippen LogP contribution >= 0.6 is 0 Å². The summed E-state index contributed by atoms with van der Waals surface area (Å²) in [6.45, 7) is 5.36. The van der Waals surface area contributed by atoms with Gasteiger partial charge in [0, 0.05) is 19.1 Å². The highest BCUT2D eigenvalue weighted by Gasteiger charge is 2.22. The Balaban J connectivity index is 1.64. The van der Waals surface area contributed by atoms with Gasteiger partial charge in [-0.05, 0) is 48.7 Å². The zero-order valence-corrected chi connectivity index (χ0v) is 13.1. The molecule has 0 aliphatic carbocycles. The maximum absolute atomic E-state index is 6.10. The summed E-state index contributed by atoms with van der Waals surface area (Å²) in [5, 5.41) is 0. The molecule has 3 nitrogen and oxygen atoms in total. The van der Waals surface area contributed by atoms with Crippen LogP contribution < -0.4 is 10.5 Å². The van der Waals surface area contributed by atoms with Gasteiger partial charge >= 0.3 is 0 Å². The number of likely N-dealkylation sites (tertiary alicyclic amines) is 1. The predicted octanol–water partition coefficient (Wildman–Crippen LogP) is 3.65. The molecule has 0 spiro atoms. The van der Waals surface area contributed by atoms with Gasteiger partial charge in [0.25, 0.3) is 0 Å². The lowest BCUT2D eigenvalue weighted by Crippen LogP contribution is -2.45. The summed E-state index contributed by atoms with van der Waals surface area (Å²) in [4.78, 5) is 2.48. The molecule has 2 aromatic carbocycles. The van der Waals surface area contributed by atoms with Crippen molar-refractivity contribution in [3.63, 3.8) is 0 Å². The number of ether oxygens (including phenoxy) is 1. The molecule has 116 valence electrons. The van der Waals surface area contributed by atoms with Crippen molar-refractivity contribution in [2.45, 2.75) is 25.9 Å². The third kappa shape index (κ3) is 3.87. The summed E-state index contributed by atoms with van der Waals surface area (Å²) in [6, 6.07) is 18.6. The Kier molecular flexibility index (Phi) is 4.76. The zero-order chi connectivity index (χ0) is 15.4. The predicted molar refractivity (Wildman–Crippen MR) is 90.0 cm³/mol. The minimum atomic E-state index is 0.351. The molecule has 3 rings (SSSR count). The highest BCUT2D eigenvalue weighted by molar-refractivity contribution is 5.33. The van der Waals surface area contributed by atoms with Crippen molar-refractivity contribution < 1.29 is 4.74 Å². The highest BCUT2D eigenvalue weighted by Crippen LogP contribution is 2.23. The van der Waals surface area contributed by atoms with E-state index >= 15 is 0 Å². The monoisotopic (exact) mass is 296 g/mol. The SMILES string of the molecule is CC1CN(Cc2cccc(Oc3ccccc3)c2)CCC1N. The largest absolute Gasteiger partial charge is 0.457 e. The van der Waals surface area contributed by atoms with Crippen molar-refractivity contribution in [3.8, 4) is 11.5 Å². The fourth-order valence-electron chi connectivity index (χ4n) is 2.98. The first-order valence-corrected chi connectivity index (χ1v) is 8.00. The summed E-state index contributed by atoms with van der Waals surface area (Å²) in [5.74, 6) is 2.33. The van der Waals surface area contributed by atoms with E-state index in [0.717, 1.165) is 37.6 Å². The van der Waals surface area contributed by atoms with Crippen LogP contribution in [-0.2, 0) is 6.54 Å². The van der Waals surface area contributed by atoms with E-state index in [-0.39, 0.29) is 0 Å². The van der Waals surface area contributed by atoms with Crippen LogP contribution in [0.25, 0.3) is 0 Å². The summed E-state index contributed by atoms with van der Waals surface area (Å²) in [5.41, 5.74) is 7.39. The van der Waals surface area contributed by atoms with Gasteiger partial charge in [-0.25, -0.2) is 0 Å². The number of benzene rings is 2. The van der Waals surface area contributed by atoms with E-state index in [9.17, 15) is 0 Å². The maximum atomic E-state index is 6.10. The molecular formula is C19H24N2O. The van der Waals surface area contributed by atoms with E-state index in [1.165, 1.54) is 5.56 Å². The number of piperidine rings is 1. The summed E-state index contributed by atoms with van der Waals surface area (Å²) in [7, 11) is 0. The first kappa shape index (κ1) is 15.1. The standard InChI is InChI=1S/C19H24N2O/c1-15-13-21(11-10-19(15)20)14-16-6-5-9-18(12-16)22-17-7-3-2-4-8-17/h2-9,12,15,19H,10-11,13-14,20H2,1H3. The Morgan fingerprint density at radius 2 is 1.86 bits per heavy atom.